The number of carbonyl (C=O) groups is 2. The van der Waals surface area contributed by atoms with Gasteiger partial charge in [-0.2, -0.15) is 0 Å². The zero-order valence-electron chi connectivity index (χ0n) is 9.55. The van der Waals surface area contributed by atoms with Gasteiger partial charge >= 0.3 is 5.97 Å². The van der Waals surface area contributed by atoms with Crippen LogP contribution >= 0.6 is 46.1 Å². The molecular weight excluding hydrogens is 321 g/mol. The maximum Gasteiger partial charge on any atom is 0.328 e. The van der Waals surface area contributed by atoms with E-state index in [0.29, 0.717) is 0 Å². The fourth-order valence-corrected chi connectivity index (χ4v) is 2.81. The van der Waals surface area contributed by atoms with E-state index in [2.05, 4.69) is 5.32 Å². The summed E-state index contributed by atoms with van der Waals surface area (Å²) in [7, 11) is 0. The lowest BCUT2D eigenvalue weighted by molar-refractivity contribution is -0.144. The first kappa shape index (κ1) is 15.6. The minimum atomic E-state index is -0.770. The van der Waals surface area contributed by atoms with E-state index in [4.69, 9.17) is 39.5 Å². The van der Waals surface area contributed by atoms with E-state index >= 15 is 0 Å². The highest BCUT2D eigenvalue weighted by atomic mass is 35.5. The van der Waals surface area contributed by atoms with Crippen LogP contribution in [0.5, 0.6) is 0 Å². The average Bonchev–Trinajstić information content (AvgIpc) is 2.57. The highest BCUT2D eigenvalue weighted by molar-refractivity contribution is 7.19. The van der Waals surface area contributed by atoms with Gasteiger partial charge < -0.3 is 10.1 Å². The van der Waals surface area contributed by atoms with Crippen molar-refractivity contribution in [1.29, 1.82) is 0 Å². The van der Waals surface area contributed by atoms with Gasteiger partial charge in [-0.1, -0.05) is 34.8 Å². The molecule has 0 aliphatic heterocycles. The van der Waals surface area contributed by atoms with Crippen LogP contribution in [0.4, 0.5) is 0 Å². The quantitative estimate of drug-likeness (QED) is 0.861. The van der Waals surface area contributed by atoms with E-state index in [1.165, 1.54) is 6.92 Å². The highest BCUT2D eigenvalue weighted by Gasteiger charge is 2.23. The minimum absolute atomic E-state index is 0.0835. The molecule has 0 saturated heterocycles. The van der Waals surface area contributed by atoms with Gasteiger partial charge in [0.2, 0.25) is 0 Å². The normalized spacial score (nSPS) is 12.1. The second kappa shape index (κ2) is 6.61. The Hall–Kier alpha value is -0.490. The van der Waals surface area contributed by atoms with Crippen molar-refractivity contribution in [3.05, 3.63) is 19.3 Å². The maximum atomic E-state index is 11.8. The summed E-state index contributed by atoms with van der Waals surface area (Å²) in [5, 5.41) is 2.68. The smallest absolute Gasteiger partial charge is 0.328 e. The zero-order chi connectivity index (χ0) is 13.9. The fraction of sp³-hybridized carbons (Fsp3) is 0.400. The van der Waals surface area contributed by atoms with Crippen molar-refractivity contribution < 1.29 is 14.3 Å². The number of hydrogen-bond acceptors (Lipinski definition) is 4. The van der Waals surface area contributed by atoms with Gasteiger partial charge in [0.1, 0.15) is 15.3 Å². The van der Waals surface area contributed by atoms with Gasteiger partial charge in [-0.25, -0.2) is 4.79 Å². The third kappa shape index (κ3) is 3.51. The van der Waals surface area contributed by atoms with E-state index in [9.17, 15) is 9.59 Å². The zero-order valence-corrected chi connectivity index (χ0v) is 12.6. The Morgan fingerprint density at radius 3 is 2.39 bits per heavy atom. The Labute approximate surface area is 123 Å². The monoisotopic (exact) mass is 329 g/mol. The summed E-state index contributed by atoms with van der Waals surface area (Å²) >= 11 is 18.3. The molecule has 0 aliphatic rings. The van der Waals surface area contributed by atoms with Crippen molar-refractivity contribution in [3.63, 3.8) is 0 Å². The van der Waals surface area contributed by atoms with Crippen molar-refractivity contribution in [1.82, 2.24) is 5.32 Å². The maximum absolute atomic E-state index is 11.8. The van der Waals surface area contributed by atoms with Gasteiger partial charge in [0, 0.05) is 0 Å². The Morgan fingerprint density at radius 2 is 1.94 bits per heavy atom. The standard InChI is InChI=1S/C10H10Cl3NO3S/c1-3-17-10(16)4(2)14-9(15)7-5(11)6(12)8(13)18-7/h4H,3H2,1-2H3,(H,14,15)/t4-/m0/s1. The molecule has 1 aromatic rings. The Kier molecular flexibility index (Phi) is 5.72. The number of amides is 1. The van der Waals surface area contributed by atoms with Gasteiger partial charge in [0.25, 0.3) is 5.91 Å². The number of rotatable bonds is 4. The van der Waals surface area contributed by atoms with Crippen molar-refractivity contribution in [2.45, 2.75) is 19.9 Å². The molecule has 0 spiro atoms. The summed E-state index contributed by atoms with van der Waals surface area (Å²) in [6.45, 7) is 3.44. The van der Waals surface area contributed by atoms with Crippen LogP contribution in [0.3, 0.4) is 0 Å². The molecule has 0 aromatic carbocycles. The molecule has 1 rings (SSSR count). The SMILES string of the molecule is CCOC(=O)[C@H](C)NC(=O)c1sc(Cl)c(Cl)c1Cl. The van der Waals surface area contributed by atoms with Gasteiger partial charge in [-0.3, -0.25) is 4.79 Å². The third-order valence-electron chi connectivity index (χ3n) is 1.95. The summed E-state index contributed by atoms with van der Waals surface area (Å²) < 4.78 is 5.00. The van der Waals surface area contributed by atoms with Crippen LogP contribution < -0.4 is 5.32 Å². The molecule has 0 fully saturated rings. The average molecular weight is 331 g/mol. The number of carbonyl (C=O) groups excluding carboxylic acids is 2. The molecule has 0 bridgehead atoms. The van der Waals surface area contributed by atoms with Crippen LogP contribution in [0.25, 0.3) is 0 Å². The van der Waals surface area contributed by atoms with Crippen LogP contribution in [0.15, 0.2) is 0 Å². The van der Waals surface area contributed by atoms with Gasteiger partial charge in [0.15, 0.2) is 0 Å². The van der Waals surface area contributed by atoms with Crippen LogP contribution in [-0.2, 0) is 9.53 Å². The molecule has 0 radical (unpaired) electrons. The van der Waals surface area contributed by atoms with Crippen LogP contribution in [-0.4, -0.2) is 24.5 Å². The topological polar surface area (TPSA) is 55.4 Å². The van der Waals surface area contributed by atoms with E-state index in [1.54, 1.807) is 6.92 Å². The first-order chi connectivity index (χ1) is 8.38. The molecular formula is C10H10Cl3NO3S. The molecule has 8 heteroatoms. The lowest BCUT2D eigenvalue weighted by Gasteiger charge is -2.11. The molecule has 1 atom stereocenters. The lowest BCUT2D eigenvalue weighted by Crippen LogP contribution is -2.39. The third-order valence-corrected chi connectivity index (χ3v) is 4.52. The van der Waals surface area contributed by atoms with Gasteiger partial charge in [-0.15, -0.1) is 11.3 Å². The van der Waals surface area contributed by atoms with Crippen LogP contribution in [0.1, 0.15) is 23.5 Å². The molecule has 18 heavy (non-hydrogen) atoms. The largest absolute Gasteiger partial charge is 0.464 e. The Balaban J connectivity index is 2.77. The van der Waals surface area contributed by atoms with Gasteiger partial charge in [-0.05, 0) is 13.8 Å². The van der Waals surface area contributed by atoms with Crippen LogP contribution in [0, 0.1) is 0 Å². The Bertz CT molecular complexity index is 475. The second-order valence-corrected chi connectivity index (χ2v) is 5.66. The number of esters is 1. The predicted octanol–water partition coefficient (Wildman–Crippen LogP) is 3.39. The number of thiophene rings is 1. The minimum Gasteiger partial charge on any atom is -0.464 e. The molecule has 1 amide bonds. The predicted molar refractivity (Wildman–Crippen MR) is 72.9 cm³/mol. The van der Waals surface area contributed by atoms with Crippen molar-refractivity contribution in [2.24, 2.45) is 0 Å². The molecule has 1 N–H and O–H groups in total. The van der Waals surface area contributed by atoms with E-state index in [1.807, 2.05) is 0 Å². The van der Waals surface area contributed by atoms with Crippen LogP contribution in [0.2, 0.25) is 14.4 Å². The van der Waals surface area contributed by atoms with E-state index < -0.39 is 17.9 Å². The van der Waals surface area contributed by atoms with E-state index in [0.717, 1.165) is 11.3 Å². The molecule has 1 heterocycles. The number of halogens is 3. The highest BCUT2D eigenvalue weighted by Crippen LogP contribution is 2.40. The summed E-state index contributed by atoms with van der Waals surface area (Å²) in [6.07, 6.45) is 0. The Morgan fingerprint density at radius 1 is 1.33 bits per heavy atom. The first-order valence-corrected chi connectivity index (χ1v) is 6.94. The molecule has 100 valence electrons. The van der Waals surface area contributed by atoms with E-state index in [-0.39, 0.29) is 25.9 Å². The van der Waals surface area contributed by atoms with Crippen molar-refractivity contribution >= 4 is 58.0 Å². The summed E-state index contributed by atoms with van der Waals surface area (Å²) in [6, 6.07) is -0.770. The molecule has 1 aromatic heterocycles. The molecule has 0 unspecified atom stereocenters. The number of nitrogens with one attached hydrogen (secondary N) is 1. The molecule has 0 aliphatic carbocycles. The number of ether oxygens (including phenoxy) is 1. The second-order valence-electron chi connectivity index (χ2n) is 3.28. The fourth-order valence-electron chi connectivity index (χ4n) is 1.10. The lowest BCUT2D eigenvalue weighted by atomic mass is 10.3. The van der Waals surface area contributed by atoms with Gasteiger partial charge in [0.05, 0.1) is 16.7 Å². The molecule has 0 saturated carbocycles. The first-order valence-electron chi connectivity index (χ1n) is 4.99. The van der Waals surface area contributed by atoms with Crippen molar-refractivity contribution in [3.8, 4) is 0 Å². The summed E-state index contributed by atoms with van der Waals surface area (Å²) in [4.78, 5) is 23.4. The molecule has 4 nitrogen and oxygen atoms in total. The van der Waals surface area contributed by atoms with Crippen molar-refractivity contribution in [2.75, 3.05) is 6.61 Å². The summed E-state index contributed by atoms with van der Waals surface area (Å²) in [5.74, 6) is -1.03. The number of hydrogen-bond donors (Lipinski definition) is 1. The summed E-state index contributed by atoms with van der Waals surface area (Å²) in [5.41, 5.74) is 0.